The molecule has 0 unspecified atom stereocenters. The summed E-state index contributed by atoms with van der Waals surface area (Å²) in [5.41, 5.74) is 0.680. The molecule has 0 aliphatic rings. The summed E-state index contributed by atoms with van der Waals surface area (Å²) in [4.78, 5) is 4.39. The maximum absolute atomic E-state index is 12.3. The Morgan fingerprint density at radius 3 is 2.55 bits per heavy atom. The van der Waals surface area contributed by atoms with Crippen LogP contribution in [0.1, 0.15) is 26.7 Å². The molecule has 1 heterocycles. The van der Waals surface area contributed by atoms with Crippen LogP contribution in [0.2, 0.25) is 5.15 Å². The van der Waals surface area contributed by atoms with Crippen LogP contribution in [0.15, 0.2) is 35.2 Å². The number of nitrogens with zero attached hydrogens (tertiary/aromatic N) is 1. The highest BCUT2D eigenvalue weighted by molar-refractivity contribution is 7.89. The van der Waals surface area contributed by atoms with Crippen molar-refractivity contribution in [2.45, 2.75) is 37.6 Å². The van der Waals surface area contributed by atoms with Gasteiger partial charge in [-0.15, -0.1) is 0 Å². The Morgan fingerprint density at radius 1 is 1.20 bits per heavy atom. The van der Waals surface area contributed by atoms with E-state index in [0.29, 0.717) is 10.7 Å². The number of hydrogen-bond acceptors (Lipinski definition) is 3. The molecule has 0 saturated heterocycles. The van der Waals surface area contributed by atoms with Gasteiger partial charge in [0.05, 0.1) is 10.4 Å². The zero-order valence-corrected chi connectivity index (χ0v) is 13.0. The lowest BCUT2D eigenvalue weighted by atomic mass is 10.2. The van der Waals surface area contributed by atoms with Gasteiger partial charge >= 0.3 is 0 Å². The van der Waals surface area contributed by atoms with Crippen molar-refractivity contribution >= 4 is 32.5 Å². The predicted octanol–water partition coefficient (Wildman–Crippen LogP) is 3.36. The van der Waals surface area contributed by atoms with Crippen molar-refractivity contribution in [1.82, 2.24) is 9.71 Å². The monoisotopic (exact) mass is 312 g/mol. The number of aromatic nitrogens is 1. The minimum absolute atomic E-state index is 0.0426. The van der Waals surface area contributed by atoms with E-state index in [1.54, 1.807) is 30.3 Å². The largest absolute Gasteiger partial charge is 0.240 e. The van der Waals surface area contributed by atoms with Gasteiger partial charge in [-0.25, -0.2) is 18.1 Å². The number of fused-ring (bicyclic) bond motifs is 1. The highest BCUT2D eigenvalue weighted by atomic mass is 35.5. The summed E-state index contributed by atoms with van der Waals surface area (Å²) < 4.78 is 27.3. The molecule has 2 rings (SSSR count). The zero-order chi connectivity index (χ0) is 14.8. The third kappa shape index (κ3) is 3.29. The maximum atomic E-state index is 12.3. The molecule has 0 atom stereocenters. The summed E-state index contributed by atoms with van der Waals surface area (Å²) in [7, 11) is -3.50. The predicted molar refractivity (Wildman–Crippen MR) is 81.4 cm³/mol. The summed E-state index contributed by atoms with van der Waals surface area (Å²) >= 11 is 5.81. The van der Waals surface area contributed by atoms with Gasteiger partial charge in [-0.05, 0) is 43.2 Å². The van der Waals surface area contributed by atoms with Crippen LogP contribution >= 0.6 is 11.6 Å². The van der Waals surface area contributed by atoms with E-state index in [9.17, 15) is 8.42 Å². The molecule has 0 aliphatic heterocycles. The van der Waals surface area contributed by atoms with Crippen molar-refractivity contribution in [2.75, 3.05) is 0 Å². The first-order valence-electron chi connectivity index (χ1n) is 6.55. The van der Waals surface area contributed by atoms with Crippen LogP contribution in [0.5, 0.6) is 0 Å². The fourth-order valence-corrected chi connectivity index (χ4v) is 3.58. The summed E-state index contributed by atoms with van der Waals surface area (Å²) in [5, 5.41) is 1.14. The summed E-state index contributed by atoms with van der Waals surface area (Å²) in [5.74, 6) is 0. The molecule has 1 aromatic carbocycles. The lowest BCUT2D eigenvalue weighted by molar-refractivity contribution is 0.530. The Balaban J connectivity index is 2.39. The molecule has 0 fully saturated rings. The van der Waals surface area contributed by atoms with Gasteiger partial charge in [-0.3, -0.25) is 0 Å². The zero-order valence-electron chi connectivity index (χ0n) is 11.4. The van der Waals surface area contributed by atoms with Crippen LogP contribution in [-0.4, -0.2) is 19.4 Å². The molecule has 0 amide bonds. The van der Waals surface area contributed by atoms with Crippen molar-refractivity contribution in [3.63, 3.8) is 0 Å². The number of benzene rings is 1. The van der Waals surface area contributed by atoms with Gasteiger partial charge in [-0.2, -0.15) is 0 Å². The molecule has 0 bridgehead atoms. The molecule has 1 aromatic heterocycles. The fourth-order valence-electron chi connectivity index (χ4n) is 1.99. The van der Waals surface area contributed by atoms with Crippen LogP contribution in [0.3, 0.4) is 0 Å². The molecule has 20 heavy (non-hydrogen) atoms. The molecular weight excluding hydrogens is 296 g/mol. The Kier molecular flexibility index (Phi) is 4.62. The van der Waals surface area contributed by atoms with E-state index in [4.69, 9.17) is 11.6 Å². The lowest BCUT2D eigenvalue weighted by Crippen LogP contribution is -2.33. The molecule has 1 N–H and O–H groups in total. The number of sulfonamides is 1. The second-order valence-electron chi connectivity index (χ2n) is 4.62. The number of pyridine rings is 1. The average Bonchev–Trinajstić information content (AvgIpc) is 2.44. The molecular formula is C14H17ClN2O2S. The van der Waals surface area contributed by atoms with Gasteiger partial charge in [0.15, 0.2) is 0 Å². The van der Waals surface area contributed by atoms with Crippen LogP contribution in [0, 0.1) is 0 Å². The van der Waals surface area contributed by atoms with Crippen molar-refractivity contribution < 1.29 is 8.42 Å². The van der Waals surface area contributed by atoms with E-state index in [2.05, 4.69) is 9.71 Å². The highest BCUT2D eigenvalue weighted by Crippen LogP contribution is 2.20. The van der Waals surface area contributed by atoms with Crippen LogP contribution < -0.4 is 4.72 Å². The summed E-state index contributed by atoms with van der Waals surface area (Å²) in [6, 6.07) is 8.21. The molecule has 4 nitrogen and oxygen atoms in total. The normalized spacial score (nSPS) is 12.2. The summed E-state index contributed by atoms with van der Waals surface area (Å²) in [6.45, 7) is 3.92. The summed E-state index contributed by atoms with van der Waals surface area (Å²) in [6.07, 6.45) is 1.53. The second kappa shape index (κ2) is 6.08. The Bertz CT molecular complexity index is 712. The average molecular weight is 313 g/mol. The van der Waals surface area contributed by atoms with Crippen molar-refractivity contribution in [3.8, 4) is 0 Å². The van der Waals surface area contributed by atoms with Crippen molar-refractivity contribution in [3.05, 3.63) is 35.5 Å². The first-order chi connectivity index (χ1) is 9.46. The number of rotatable bonds is 5. The number of hydrogen-bond donors (Lipinski definition) is 1. The lowest BCUT2D eigenvalue weighted by Gasteiger charge is -2.15. The van der Waals surface area contributed by atoms with Crippen molar-refractivity contribution in [1.29, 1.82) is 0 Å². The molecule has 6 heteroatoms. The van der Waals surface area contributed by atoms with E-state index in [1.807, 2.05) is 13.8 Å². The van der Waals surface area contributed by atoms with E-state index in [1.165, 1.54) is 0 Å². The van der Waals surface area contributed by atoms with E-state index >= 15 is 0 Å². The quantitative estimate of drug-likeness (QED) is 0.861. The minimum Gasteiger partial charge on any atom is -0.236 e. The standard InChI is InChI=1S/C14H17ClN2O2S/c1-3-11(4-2)17-20(18,19)12-6-7-13-10(9-12)5-8-14(15)16-13/h5-9,11,17H,3-4H2,1-2H3. The first-order valence-corrected chi connectivity index (χ1v) is 8.41. The number of nitrogens with one attached hydrogen (secondary N) is 1. The molecule has 0 saturated carbocycles. The fraction of sp³-hybridized carbons (Fsp3) is 0.357. The van der Waals surface area contributed by atoms with Gasteiger partial charge in [0.2, 0.25) is 10.0 Å². The highest BCUT2D eigenvalue weighted by Gasteiger charge is 2.18. The van der Waals surface area contributed by atoms with Gasteiger partial charge in [0.25, 0.3) is 0 Å². The molecule has 2 aromatic rings. The van der Waals surface area contributed by atoms with Gasteiger partial charge in [0.1, 0.15) is 5.15 Å². The Morgan fingerprint density at radius 2 is 1.90 bits per heavy atom. The molecule has 108 valence electrons. The van der Waals surface area contributed by atoms with Gasteiger partial charge in [0, 0.05) is 11.4 Å². The van der Waals surface area contributed by atoms with E-state index < -0.39 is 10.0 Å². The SMILES string of the molecule is CCC(CC)NS(=O)(=O)c1ccc2nc(Cl)ccc2c1. The van der Waals surface area contributed by atoms with Gasteiger partial charge in [-0.1, -0.05) is 25.4 Å². The van der Waals surface area contributed by atoms with Gasteiger partial charge < -0.3 is 0 Å². The Hall–Kier alpha value is -1.17. The first kappa shape index (κ1) is 15.2. The van der Waals surface area contributed by atoms with Crippen LogP contribution in [0.25, 0.3) is 10.9 Å². The number of halogens is 1. The molecule has 0 radical (unpaired) electrons. The van der Waals surface area contributed by atoms with E-state index in [-0.39, 0.29) is 10.9 Å². The smallest absolute Gasteiger partial charge is 0.236 e. The Labute approximate surface area is 124 Å². The van der Waals surface area contributed by atoms with Crippen LogP contribution in [-0.2, 0) is 10.0 Å². The maximum Gasteiger partial charge on any atom is 0.240 e. The third-order valence-electron chi connectivity index (χ3n) is 3.24. The molecule has 0 aliphatic carbocycles. The third-order valence-corrected chi connectivity index (χ3v) is 4.97. The topological polar surface area (TPSA) is 59.1 Å². The van der Waals surface area contributed by atoms with E-state index in [0.717, 1.165) is 18.2 Å². The second-order valence-corrected chi connectivity index (χ2v) is 6.72. The minimum atomic E-state index is -3.50. The van der Waals surface area contributed by atoms with Crippen LogP contribution in [0.4, 0.5) is 0 Å². The molecule has 0 spiro atoms. The van der Waals surface area contributed by atoms with Crippen molar-refractivity contribution in [2.24, 2.45) is 0 Å².